The molecule has 0 spiro atoms. The molecule has 1 amide bonds. The number of carbonyl (C=O) groups excluding carboxylic acids is 3. The van der Waals surface area contributed by atoms with Crippen LogP contribution in [-0.2, 0) is 30.4 Å². The average Bonchev–Trinajstić information content (AvgIpc) is 3.24. The van der Waals surface area contributed by atoms with Gasteiger partial charge in [-0.2, -0.15) is 0 Å². The predicted molar refractivity (Wildman–Crippen MR) is 155 cm³/mol. The molecule has 4 aliphatic carbocycles. The minimum Gasteiger partial charge on any atom is -0.467 e. The summed E-state index contributed by atoms with van der Waals surface area (Å²) in [4.78, 5) is 42.8. The van der Waals surface area contributed by atoms with Crippen LogP contribution in [0.5, 0.6) is 0 Å². The normalized spacial score (nSPS) is 35.8. The first-order valence-corrected chi connectivity index (χ1v) is 15.1. The van der Waals surface area contributed by atoms with E-state index in [4.69, 9.17) is 9.57 Å². The Bertz CT molecular complexity index is 1240. The molecule has 0 unspecified atom stereocenters. The maximum Gasteiger partial charge on any atom is 0.328 e. The summed E-state index contributed by atoms with van der Waals surface area (Å²) in [5.41, 5.74) is 1.71. The molecule has 0 saturated heterocycles. The number of hydrogen-bond donors (Lipinski definition) is 2. The Balaban J connectivity index is 1.20. The molecular formula is C33H44N2O6. The zero-order valence-corrected chi connectivity index (χ0v) is 24.8. The molecule has 0 aliphatic heterocycles. The third kappa shape index (κ3) is 5.24. The topological polar surface area (TPSA) is 114 Å². The largest absolute Gasteiger partial charge is 0.467 e. The molecule has 0 aromatic heterocycles. The summed E-state index contributed by atoms with van der Waals surface area (Å²) in [7, 11) is 1.30. The molecular weight excluding hydrogens is 520 g/mol. The van der Waals surface area contributed by atoms with Crippen LogP contribution < -0.4 is 5.32 Å². The fourth-order valence-corrected chi connectivity index (χ4v) is 8.83. The van der Waals surface area contributed by atoms with Crippen molar-refractivity contribution < 1.29 is 29.1 Å². The Hall–Kier alpha value is -3.00. The summed E-state index contributed by atoms with van der Waals surface area (Å²) in [5.74, 6) is 0.409. The van der Waals surface area contributed by atoms with Crippen molar-refractivity contribution in [3.63, 3.8) is 0 Å². The van der Waals surface area contributed by atoms with Crippen molar-refractivity contribution in [1.29, 1.82) is 0 Å². The van der Waals surface area contributed by atoms with Gasteiger partial charge in [-0.3, -0.25) is 9.59 Å². The highest BCUT2D eigenvalue weighted by atomic mass is 16.6. The van der Waals surface area contributed by atoms with Gasteiger partial charge in [0.05, 0.1) is 12.8 Å². The maximum absolute atomic E-state index is 12.6. The number of esters is 1. The van der Waals surface area contributed by atoms with Gasteiger partial charge in [0.2, 0.25) is 0 Å². The smallest absolute Gasteiger partial charge is 0.328 e. The van der Waals surface area contributed by atoms with Crippen LogP contribution >= 0.6 is 0 Å². The first kappa shape index (κ1) is 29.5. The van der Waals surface area contributed by atoms with Crippen LogP contribution in [0.1, 0.15) is 77.7 Å². The van der Waals surface area contributed by atoms with E-state index in [0.717, 1.165) is 56.2 Å². The van der Waals surface area contributed by atoms with E-state index in [0.29, 0.717) is 30.6 Å². The van der Waals surface area contributed by atoms with E-state index in [1.807, 2.05) is 30.3 Å². The van der Waals surface area contributed by atoms with Crippen molar-refractivity contribution in [3.05, 3.63) is 47.5 Å². The van der Waals surface area contributed by atoms with Crippen LogP contribution in [-0.4, -0.2) is 53.8 Å². The Morgan fingerprint density at radius 2 is 1.78 bits per heavy atom. The average molecular weight is 565 g/mol. The molecule has 0 bridgehead atoms. The first-order chi connectivity index (χ1) is 19.5. The van der Waals surface area contributed by atoms with Crippen molar-refractivity contribution in [3.8, 4) is 0 Å². The van der Waals surface area contributed by atoms with Gasteiger partial charge in [-0.1, -0.05) is 54.9 Å². The van der Waals surface area contributed by atoms with Crippen molar-refractivity contribution >= 4 is 23.4 Å². The highest BCUT2D eigenvalue weighted by molar-refractivity contribution is 5.96. The summed E-state index contributed by atoms with van der Waals surface area (Å²) in [6, 6.07) is 8.65. The number of ether oxygens (including phenoxy) is 1. The van der Waals surface area contributed by atoms with E-state index in [1.165, 1.54) is 12.7 Å². The lowest BCUT2D eigenvalue weighted by Gasteiger charge is -2.59. The zero-order chi connectivity index (χ0) is 29.4. The molecule has 0 radical (unpaired) electrons. The fourth-order valence-electron chi connectivity index (χ4n) is 8.83. The van der Waals surface area contributed by atoms with Crippen LogP contribution in [0.15, 0.2) is 47.1 Å². The van der Waals surface area contributed by atoms with E-state index in [-0.39, 0.29) is 23.2 Å². The number of ketones is 1. The molecule has 41 heavy (non-hydrogen) atoms. The summed E-state index contributed by atoms with van der Waals surface area (Å²) in [6.45, 7) is 5.81. The molecule has 1 aromatic rings. The Kier molecular flexibility index (Phi) is 8.16. The number of nitrogens with one attached hydrogen (secondary N) is 1. The highest BCUT2D eigenvalue weighted by Crippen LogP contribution is 2.67. The number of aliphatic hydroxyl groups is 1. The summed E-state index contributed by atoms with van der Waals surface area (Å²) >= 11 is 0. The summed E-state index contributed by atoms with van der Waals surface area (Å²) < 4.78 is 4.87. The number of benzene rings is 1. The number of rotatable bonds is 8. The second-order valence-electron chi connectivity index (χ2n) is 13.1. The van der Waals surface area contributed by atoms with Crippen LogP contribution in [0, 0.1) is 28.6 Å². The minimum atomic E-state index is -1.19. The van der Waals surface area contributed by atoms with Gasteiger partial charge in [0, 0.05) is 11.8 Å². The molecule has 222 valence electrons. The predicted octanol–water partition coefficient (Wildman–Crippen LogP) is 4.54. The molecule has 0 heterocycles. The number of oxime groups is 1. The van der Waals surface area contributed by atoms with Gasteiger partial charge < -0.3 is 20.0 Å². The van der Waals surface area contributed by atoms with Crippen molar-refractivity contribution in [2.75, 3.05) is 13.7 Å². The number of carbonyl (C=O) groups is 3. The van der Waals surface area contributed by atoms with E-state index in [9.17, 15) is 19.5 Å². The number of nitrogens with zero attached hydrogens (tertiary/aromatic N) is 1. The van der Waals surface area contributed by atoms with Crippen LogP contribution in [0.4, 0.5) is 0 Å². The van der Waals surface area contributed by atoms with Gasteiger partial charge in [0.1, 0.15) is 11.6 Å². The molecule has 8 heteroatoms. The second-order valence-corrected chi connectivity index (χ2v) is 13.1. The van der Waals surface area contributed by atoms with E-state index < -0.39 is 23.5 Å². The number of amides is 1. The fraction of sp³-hybridized carbons (Fsp3) is 0.636. The van der Waals surface area contributed by atoms with Crippen molar-refractivity contribution in [2.45, 2.75) is 90.2 Å². The second kappa shape index (κ2) is 11.3. The molecule has 3 saturated carbocycles. The van der Waals surface area contributed by atoms with Gasteiger partial charge in [-0.05, 0) is 93.1 Å². The minimum absolute atomic E-state index is 0.0722. The molecule has 1 aromatic carbocycles. The molecule has 5 rings (SSSR count). The Morgan fingerprint density at radius 1 is 1.05 bits per heavy atom. The van der Waals surface area contributed by atoms with Crippen LogP contribution in [0.25, 0.3) is 0 Å². The molecule has 4 aliphatic rings. The maximum atomic E-state index is 12.6. The van der Waals surface area contributed by atoms with Gasteiger partial charge in [0.25, 0.3) is 5.91 Å². The van der Waals surface area contributed by atoms with Gasteiger partial charge in [-0.15, -0.1) is 0 Å². The standard InChI is InChI=1S/C33H44N2O6/c1-21(36)33(39)17-14-27-25-11-10-23-19-24(12-15-31(23,2)26(25)13-16-32(27,33)3)35-41-20-29(37)34-28(30(38)40-4)18-22-8-6-5-7-9-22/h5-9,19,25-28,39H,10-18,20H2,1-4H3,(H,34,37)/t25-,26+,27+,28-,31+,32+,33+/m1/s1. The molecule has 3 fully saturated rings. The zero-order valence-electron chi connectivity index (χ0n) is 24.8. The molecule has 8 nitrogen and oxygen atoms in total. The summed E-state index contributed by atoms with van der Waals surface area (Å²) in [5, 5.41) is 18.4. The Morgan fingerprint density at radius 3 is 2.49 bits per heavy atom. The monoisotopic (exact) mass is 564 g/mol. The van der Waals surface area contributed by atoms with Gasteiger partial charge in [0.15, 0.2) is 12.4 Å². The lowest BCUT2D eigenvalue weighted by molar-refractivity contribution is -0.159. The van der Waals surface area contributed by atoms with Gasteiger partial charge in [-0.25, -0.2) is 4.79 Å². The lowest BCUT2D eigenvalue weighted by atomic mass is 9.46. The van der Waals surface area contributed by atoms with Crippen molar-refractivity contribution in [1.82, 2.24) is 5.32 Å². The number of hydrogen-bond acceptors (Lipinski definition) is 7. The molecule has 7 atom stereocenters. The number of Topliss-reactive ketones (excluding diaryl/α,β-unsaturated/α-hetero) is 1. The first-order valence-electron chi connectivity index (χ1n) is 15.1. The van der Waals surface area contributed by atoms with Crippen molar-refractivity contribution in [2.24, 2.45) is 33.7 Å². The third-order valence-corrected chi connectivity index (χ3v) is 11.2. The quantitative estimate of drug-likeness (QED) is 0.354. The van der Waals surface area contributed by atoms with Gasteiger partial charge >= 0.3 is 5.97 Å². The van der Waals surface area contributed by atoms with E-state index in [2.05, 4.69) is 30.4 Å². The van der Waals surface area contributed by atoms with E-state index >= 15 is 0 Å². The number of fused-ring (bicyclic) bond motifs is 5. The highest BCUT2D eigenvalue weighted by Gasteiger charge is 2.65. The number of methoxy groups -OCH3 is 1. The SMILES string of the molecule is COC(=O)[C@@H](Cc1ccccc1)NC(=O)CON=C1C=C2CC[C@@H]3[C@H](CC[C@@]4(C)[C@H]3CC[C@]4(O)C(C)=O)[C@@]2(C)CC1. The van der Waals surface area contributed by atoms with E-state index in [1.54, 1.807) is 6.92 Å². The van der Waals surface area contributed by atoms with Crippen LogP contribution in [0.3, 0.4) is 0 Å². The Labute approximate surface area is 242 Å². The lowest BCUT2D eigenvalue weighted by Crippen LogP contribution is -2.57. The van der Waals surface area contributed by atoms with Crippen LogP contribution in [0.2, 0.25) is 0 Å². The number of allylic oxidation sites excluding steroid dienone is 2. The molecule has 2 N–H and O–H groups in total. The third-order valence-electron chi connectivity index (χ3n) is 11.2. The summed E-state index contributed by atoms with van der Waals surface area (Å²) in [6.07, 6.45) is 9.68.